The van der Waals surface area contributed by atoms with Crippen molar-refractivity contribution in [3.63, 3.8) is 0 Å². The van der Waals surface area contributed by atoms with Gasteiger partial charge in [0.25, 0.3) is 0 Å². The number of hydrogen-bond acceptors (Lipinski definition) is 3. The Kier molecular flexibility index (Phi) is 6.32. The molecule has 1 aliphatic rings. The van der Waals surface area contributed by atoms with Crippen LogP contribution in [-0.4, -0.2) is 17.5 Å². The van der Waals surface area contributed by atoms with Crippen molar-refractivity contribution < 1.29 is 9.59 Å². The molecule has 2 amide bonds. The number of rotatable bonds is 8. The fraction of sp³-hybridized carbons (Fsp3) is 0.500. The number of unbranched alkanes of at least 4 members (excludes halogenated alkanes) is 2. The van der Waals surface area contributed by atoms with Crippen molar-refractivity contribution in [2.75, 3.05) is 5.32 Å². The molecule has 5 nitrogen and oxygen atoms in total. The lowest BCUT2D eigenvalue weighted by molar-refractivity contribution is -0.121. The van der Waals surface area contributed by atoms with Gasteiger partial charge in [-0.05, 0) is 43.9 Å². The van der Waals surface area contributed by atoms with E-state index in [0.29, 0.717) is 6.42 Å². The molecule has 0 unspecified atom stereocenters. The van der Waals surface area contributed by atoms with E-state index in [-0.39, 0.29) is 17.7 Å². The Morgan fingerprint density at radius 3 is 2.74 bits per heavy atom. The second-order valence-corrected chi connectivity index (χ2v) is 6.03. The van der Waals surface area contributed by atoms with Gasteiger partial charge in [0.15, 0.2) is 0 Å². The zero-order valence-corrected chi connectivity index (χ0v) is 13.9. The van der Waals surface area contributed by atoms with Crippen LogP contribution in [0.3, 0.4) is 0 Å². The van der Waals surface area contributed by atoms with Crippen molar-refractivity contribution in [1.82, 2.24) is 5.43 Å². The van der Waals surface area contributed by atoms with Crippen LogP contribution < -0.4 is 10.7 Å². The summed E-state index contributed by atoms with van der Waals surface area (Å²) in [6.45, 7) is 3.95. The van der Waals surface area contributed by atoms with Crippen molar-refractivity contribution in [3.05, 3.63) is 29.8 Å². The predicted octanol–water partition coefficient (Wildman–Crippen LogP) is 3.46. The van der Waals surface area contributed by atoms with Gasteiger partial charge in [-0.1, -0.05) is 31.9 Å². The lowest BCUT2D eigenvalue weighted by Gasteiger charge is -2.07. The average Bonchev–Trinajstić information content (AvgIpc) is 3.38. The molecule has 0 atom stereocenters. The standard InChI is InChI=1S/C18H25N3O2/c1-3-4-5-9-17(22)21-20-13(2)15-7-6-8-16(12-15)19-18(23)14-10-11-14/h6-8,12,14H,3-5,9-11H2,1-2H3,(H,19,23)(H,21,22)/b20-13-. The molecule has 0 spiro atoms. The number of nitrogens with zero attached hydrogens (tertiary/aromatic N) is 1. The van der Waals surface area contributed by atoms with Crippen molar-refractivity contribution in [1.29, 1.82) is 0 Å². The first kappa shape index (κ1) is 17.2. The van der Waals surface area contributed by atoms with E-state index in [1.807, 2.05) is 31.2 Å². The fourth-order valence-corrected chi connectivity index (χ4v) is 2.21. The van der Waals surface area contributed by atoms with Gasteiger partial charge in [-0.15, -0.1) is 0 Å². The summed E-state index contributed by atoms with van der Waals surface area (Å²) < 4.78 is 0. The minimum atomic E-state index is -0.0593. The van der Waals surface area contributed by atoms with E-state index in [4.69, 9.17) is 0 Å². The van der Waals surface area contributed by atoms with Crippen LogP contribution in [0.15, 0.2) is 29.4 Å². The molecule has 1 saturated carbocycles. The third kappa shape index (κ3) is 5.85. The summed E-state index contributed by atoms with van der Waals surface area (Å²) in [5.41, 5.74) is 4.96. The van der Waals surface area contributed by atoms with Crippen LogP contribution in [0.2, 0.25) is 0 Å². The van der Waals surface area contributed by atoms with Gasteiger partial charge in [0, 0.05) is 18.0 Å². The zero-order valence-electron chi connectivity index (χ0n) is 13.9. The molecule has 0 bridgehead atoms. The van der Waals surface area contributed by atoms with Crippen LogP contribution >= 0.6 is 0 Å². The first-order chi connectivity index (χ1) is 11.1. The van der Waals surface area contributed by atoms with Crippen LogP contribution in [0.5, 0.6) is 0 Å². The van der Waals surface area contributed by atoms with Gasteiger partial charge in [-0.3, -0.25) is 9.59 Å². The van der Waals surface area contributed by atoms with Crippen LogP contribution in [0.1, 0.15) is 57.9 Å². The monoisotopic (exact) mass is 315 g/mol. The Hall–Kier alpha value is -2.17. The molecular weight excluding hydrogens is 290 g/mol. The lowest BCUT2D eigenvalue weighted by Crippen LogP contribution is -2.19. The highest BCUT2D eigenvalue weighted by molar-refractivity contribution is 6.01. The molecule has 1 aromatic carbocycles. The quantitative estimate of drug-likeness (QED) is 0.438. The normalized spacial score (nSPS) is 14.4. The van der Waals surface area contributed by atoms with E-state index in [1.165, 1.54) is 0 Å². The van der Waals surface area contributed by atoms with E-state index in [1.54, 1.807) is 0 Å². The third-order valence-corrected chi connectivity index (χ3v) is 3.85. The van der Waals surface area contributed by atoms with Gasteiger partial charge in [0.1, 0.15) is 0 Å². The molecule has 23 heavy (non-hydrogen) atoms. The van der Waals surface area contributed by atoms with Crippen molar-refractivity contribution >= 4 is 23.2 Å². The fourth-order valence-electron chi connectivity index (χ4n) is 2.21. The van der Waals surface area contributed by atoms with Crippen LogP contribution in [0.25, 0.3) is 0 Å². The molecule has 2 rings (SSSR count). The van der Waals surface area contributed by atoms with Crippen LogP contribution in [-0.2, 0) is 9.59 Å². The molecule has 1 fully saturated rings. The highest BCUT2D eigenvalue weighted by Crippen LogP contribution is 2.30. The molecule has 1 aliphatic carbocycles. The van der Waals surface area contributed by atoms with Crippen LogP contribution in [0.4, 0.5) is 5.69 Å². The van der Waals surface area contributed by atoms with Gasteiger partial charge in [-0.25, -0.2) is 5.43 Å². The van der Waals surface area contributed by atoms with Gasteiger partial charge in [0.2, 0.25) is 11.8 Å². The summed E-state index contributed by atoms with van der Waals surface area (Å²) in [5.74, 6) is 0.202. The minimum absolute atomic E-state index is 0.0593. The molecule has 5 heteroatoms. The number of carbonyl (C=O) groups excluding carboxylic acids is 2. The SMILES string of the molecule is CCCCCC(=O)N/N=C(/C)c1cccc(NC(=O)C2CC2)c1. The Morgan fingerprint density at radius 2 is 2.04 bits per heavy atom. The second-order valence-electron chi connectivity index (χ2n) is 6.03. The number of nitrogens with one attached hydrogen (secondary N) is 2. The summed E-state index contributed by atoms with van der Waals surface area (Å²) in [5, 5.41) is 7.06. The first-order valence-corrected chi connectivity index (χ1v) is 8.34. The lowest BCUT2D eigenvalue weighted by atomic mass is 10.1. The summed E-state index contributed by atoms with van der Waals surface area (Å²) in [4.78, 5) is 23.5. The number of hydrogen-bond donors (Lipinski definition) is 2. The van der Waals surface area contributed by atoms with Gasteiger partial charge in [-0.2, -0.15) is 5.10 Å². The summed E-state index contributed by atoms with van der Waals surface area (Å²) >= 11 is 0. The third-order valence-electron chi connectivity index (χ3n) is 3.85. The topological polar surface area (TPSA) is 70.6 Å². The molecule has 0 heterocycles. The Balaban J connectivity index is 1.90. The number of amides is 2. The highest BCUT2D eigenvalue weighted by atomic mass is 16.2. The summed E-state index contributed by atoms with van der Waals surface area (Å²) in [6, 6.07) is 7.53. The Labute approximate surface area is 137 Å². The van der Waals surface area contributed by atoms with E-state index < -0.39 is 0 Å². The zero-order chi connectivity index (χ0) is 16.7. The minimum Gasteiger partial charge on any atom is -0.326 e. The highest BCUT2D eigenvalue weighted by Gasteiger charge is 2.29. The number of hydrazone groups is 1. The van der Waals surface area contributed by atoms with Gasteiger partial charge in [0.05, 0.1) is 5.71 Å². The largest absolute Gasteiger partial charge is 0.326 e. The maximum absolute atomic E-state index is 11.8. The van der Waals surface area contributed by atoms with E-state index in [9.17, 15) is 9.59 Å². The number of anilines is 1. The molecule has 2 N–H and O–H groups in total. The summed E-state index contributed by atoms with van der Waals surface area (Å²) in [7, 11) is 0. The van der Waals surface area contributed by atoms with Gasteiger partial charge < -0.3 is 5.32 Å². The molecule has 124 valence electrons. The molecule has 0 aliphatic heterocycles. The maximum atomic E-state index is 11.8. The van der Waals surface area contributed by atoms with Gasteiger partial charge >= 0.3 is 0 Å². The molecule has 0 saturated heterocycles. The molecule has 0 aromatic heterocycles. The Bertz CT molecular complexity index is 592. The number of benzene rings is 1. The predicted molar refractivity (Wildman–Crippen MR) is 92.3 cm³/mol. The average molecular weight is 315 g/mol. The number of carbonyl (C=O) groups is 2. The first-order valence-electron chi connectivity index (χ1n) is 8.34. The smallest absolute Gasteiger partial charge is 0.240 e. The van der Waals surface area contributed by atoms with Crippen molar-refractivity contribution in [2.24, 2.45) is 11.0 Å². The van der Waals surface area contributed by atoms with E-state index >= 15 is 0 Å². The van der Waals surface area contributed by atoms with Crippen LogP contribution in [0, 0.1) is 5.92 Å². The second kappa shape index (κ2) is 8.46. The molecule has 0 radical (unpaired) electrons. The van der Waals surface area contributed by atoms with E-state index in [2.05, 4.69) is 22.8 Å². The maximum Gasteiger partial charge on any atom is 0.240 e. The molecule has 1 aromatic rings. The van der Waals surface area contributed by atoms with E-state index in [0.717, 1.165) is 49.1 Å². The Morgan fingerprint density at radius 1 is 1.26 bits per heavy atom. The van der Waals surface area contributed by atoms with Crippen molar-refractivity contribution in [3.8, 4) is 0 Å². The van der Waals surface area contributed by atoms with Crippen molar-refractivity contribution in [2.45, 2.75) is 52.4 Å². The molecular formula is C18H25N3O2. The summed E-state index contributed by atoms with van der Waals surface area (Å²) in [6.07, 6.45) is 5.50.